The van der Waals surface area contributed by atoms with Gasteiger partial charge in [-0.05, 0) is 35.9 Å². The number of benzene rings is 3. The molecule has 0 aliphatic rings. The fraction of sp³-hybridized carbons (Fsp3) is 0.0500. The molecule has 3 aromatic carbocycles. The van der Waals surface area contributed by atoms with Crippen molar-refractivity contribution in [2.45, 2.75) is 6.54 Å². The smallest absolute Gasteiger partial charge is 0.142 e. The Morgan fingerprint density at radius 3 is 2.38 bits per heavy atom. The summed E-state index contributed by atoms with van der Waals surface area (Å²) in [4.78, 5) is 4.79. The molecule has 0 saturated carbocycles. The zero-order chi connectivity index (χ0) is 16.5. The first-order chi connectivity index (χ1) is 11.7. The lowest BCUT2D eigenvalue weighted by atomic mass is 10.2. The average molecular weight is 353 g/mol. The van der Waals surface area contributed by atoms with Gasteiger partial charge in [-0.3, -0.25) is 0 Å². The van der Waals surface area contributed by atoms with Gasteiger partial charge in [0.2, 0.25) is 0 Å². The number of imidazole rings is 1. The number of nitrogens with zero attached hydrogens (tertiary/aromatic N) is 2. The van der Waals surface area contributed by atoms with Gasteiger partial charge in [-0.2, -0.15) is 0 Å². The fourth-order valence-electron chi connectivity index (χ4n) is 2.88. The molecule has 0 N–H and O–H groups in total. The number of hydrogen-bond donors (Lipinski definition) is 0. The van der Waals surface area contributed by atoms with E-state index in [0.717, 1.165) is 29.0 Å². The molecule has 1 aromatic heterocycles. The van der Waals surface area contributed by atoms with Crippen LogP contribution in [0.5, 0.6) is 0 Å². The highest BCUT2D eigenvalue weighted by atomic mass is 35.5. The molecule has 0 saturated heterocycles. The van der Waals surface area contributed by atoms with E-state index >= 15 is 0 Å². The Morgan fingerprint density at radius 2 is 1.58 bits per heavy atom. The van der Waals surface area contributed by atoms with E-state index < -0.39 is 0 Å². The summed E-state index contributed by atoms with van der Waals surface area (Å²) in [6.45, 7) is 0.722. The maximum atomic E-state index is 6.41. The van der Waals surface area contributed by atoms with Gasteiger partial charge in [-0.15, -0.1) is 0 Å². The Labute approximate surface area is 150 Å². The zero-order valence-electron chi connectivity index (χ0n) is 12.8. The Morgan fingerprint density at radius 1 is 0.833 bits per heavy atom. The highest BCUT2D eigenvalue weighted by Crippen LogP contribution is 2.31. The van der Waals surface area contributed by atoms with Crippen LogP contribution in [0.25, 0.3) is 22.4 Å². The predicted octanol–water partition coefficient (Wildman–Crippen LogP) is 6.06. The van der Waals surface area contributed by atoms with Crippen molar-refractivity contribution in [1.29, 1.82) is 0 Å². The minimum absolute atomic E-state index is 0.678. The largest absolute Gasteiger partial charge is 0.319 e. The van der Waals surface area contributed by atoms with Crippen molar-refractivity contribution in [2.24, 2.45) is 0 Å². The van der Waals surface area contributed by atoms with E-state index in [1.165, 1.54) is 5.56 Å². The van der Waals surface area contributed by atoms with Gasteiger partial charge in [0.05, 0.1) is 16.1 Å². The highest BCUT2D eigenvalue weighted by molar-refractivity contribution is 6.33. The molecule has 4 rings (SSSR count). The number of fused-ring (bicyclic) bond motifs is 1. The summed E-state index contributed by atoms with van der Waals surface area (Å²) in [6.07, 6.45) is 0. The molecule has 1 heterocycles. The molecule has 4 heteroatoms. The quantitative estimate of drug-likeness (QED) is 0.438. The molecule has 0 bridgehead atoms. The number of hydrogen-bond acceptors (Lipinski definition) is 1. The van der Waals surface area contributed by atoms with Crippen LogP contribution in [-0.2, 0) is 6.54 Å². The van der Waals surface area contributed by atoms with Crippen molar-refractivity contribution in [3.63, 3.8) is 0 Å². The lowest BCUT2D eigenvalue weighted by molar-refractivity contribution is 0.834. The van der Waals surface area contributed by atoms with Crippen molar-refractivity contribution in [3.8, 4) is 11.4 Å². The van der Waals surface area contributed by atoms with E-state index in [-0.39, 0.29) is 0 Å². The third-order valence-electron chi connectivity index (χ3n) is 4.01. The van der Waals surface area contributed by atoms with Crippen LogP contribution in [0.3, 0.4) is 0 Å². The van der Waals surface area contributed by atoms with Crippen LogP contribution in [0.2, 0.25) is 10.0 Å². The van der Waals surface area contributed by atoms with Gasteiger partial charge in [-0.1, -0.05) is 65.7 Å². The maximum absolute atomic E-state index is 6.41. The molecule has 0 spiro atoms. The molecular formula is C20H14Cl2N2. The second kappa shape index (κ2) is 6.31. The zero-order valence-corrected chi connectivity index (χ0v) is 14.3. The highest BCUT2D eigenvalue weighted by Gasteiger charge is 2.15. The van der Waals surface area contributed by atoms with Crippen LogP contribution in [0.1, 0.15) is 5.56 Å². The van der Waals surface area contributed by atoms with Crippen LogP contribution in [0.4, 0.5) is 0 Å². The molecule has 0 aliphatic carbocycles. The second-order valence-corrected chi connectivity index (χ2v) is 6.46. The minimum Gasteiger partial charge on any atom is -0.319 e. The Balaban J connectivity index is 1.95. The first-order valence-electron chi connectivity index (χ1n) is 7.67. The van der Waals surface area contributed by atoms with Crippen molar-refractivity contribution in [3.05, 3.63) is 88.4 Å². The molecule has 118 valence electrons. The molecule has 4 aromatic rings. The van der Waals surface area contributed by atoms with E-state index in [1.807, 2.05) is 60.7 Å². The molecule has 24 heavy (non-hydrogen) atoms. The van der Waals surface area contributed by atoms with Crippen molar-refractivity contribution in [2.75, 3.05) is 0 Å². The van der Waals surface area contributed by atoms with Crippen LogP contribution >= 0.6 is 23.2 Å². The topological polar surface area (TPSA) is 17.8 Å². The van der Waals surface area contributed by atoms with Crippen molar-refractivity contribution < 1.29 is 0 Å². The summed E-state index contributed by atoms with van der Waals surface area (Å²) in [5.41, 5.74) is 4.04. The third-order valence-corrected chi connectivity index (χ3v) is 4.57. The lowest BCUT2D eigenvalue weighted by Crippen LogP contribution is -2.02. The van der Waals surface area contributed by atoms with E-state index in [4.69, 9.17) is 28.2 Å². The molecule has 0 atom stereocenters. The summed E-state index contributed by atoms with van der Waals surface area (Å²) in [7, 11) is 0. The van der Waals surface area contributed by atoms with E-state index in [1.54, 1.807) is 0 Å². The second-order valence-electron chi connectivity index (χ2n) is 5.62. The van der Waals surface area contributed by atoms with Gasteiger partial charge in [0, 0.05) is 17.1 Å². The molecule has 0 radical (unpaired) electrons. The Hall–Kier alpha value is -2.29. The van der Waals surface area contributed by atoms with Gasteiger partial charge in [0.15, 0.2) is 0 Å². The molecule has 0 aliphatic heterocycles. The standard InChI is InChI=1S/C20H14Cl2N2/c21-15-10-11-19-18(12-15)23-20(16-8-4-5-9-17(16)22)24(19)13-14-6-2-1-3-7-14/h1-12H,13H2. The van der Waals surface area contributed by atoms with Crippen molar-refractivity contribution >= 4 is 34.2 Å². The van der Waals surface area contributed by atoms with Crippen LogP contribution in [0, 0.1) is 0 Å². The summed E-state index contributed by atoms with van der Waals surface area (Å²) >= 11 is 12.6. The molecule has 0 unspecified atom stereocenters. The summed E-state index contributed by atoms with van der Waals surface area (Å²) in [5.74, 6) is 0.849. The summed E-state index contributed by atoms with van der Waals surface area (Å²) < 4.78 is 2.18. The normalized spacial score (nSPS) is 11.1. The predicted molar refractivity (Wildman–Crippen MR) is 101 cm³/mol. The first-order valence-corrected chi connectivity index (χ1v) is 8.42. The molecule has 2 nitrogen and oxygen atoms in total. The Kier molecular flexibility index (Phi) is 4.01. The van der Waals surface area contributed by atoms with E-state index in [9.17, 15) is 0 Å². The van der Waals surface area contributed by atoms with Crippen LogP contribution in [-0.4, -0.2) is 9.55 Å². The van der Waals surface area contributed by atoms with Crippen LogP contribution in [0.15, 0.2) is 72.8 Å². The molecule has 0 amide bonds. The molecular weight excluding hydrogens is 339 g/mol. The van der Waals surface area contributed by atoms with Gasteiger partial charge in [0.25, 0.3) is 0 Å². The lowest BCUT2D eigenvalue weighted by Gasteiger charge is -2.10. The van der Waals surface area contributed by atoms with Gasteiger partial charge < -0.3 is 4.57 Å². The van der Waals surface area contributed by atoms with E-state index in [2.05, 4.69) is 16.7 Å². The summed E-state index contributed by atoms with van der Waals surface area (Å²) in [6, 6.07) is 23.9. The van der Waals surface area contributed by atoms with Gasteiger partial charge >= 0.3 is 0 Å². The number of halogens is 2. The SMILES string of the molecule is Clc1ccc2c(c1)nc(-c1ccccc1Cl)n2Cc1ccccc1. The fourth-order valence-corrected chi connectivity index (χ4v) is 3.26. The number of rotatable bonds is 3. The Bertz CT molecular complexity index is 1010. The third kappa shape index (κ3) is 2.79. The van der Waals surface area contributed by atoms with Crippen LogP contribution < -0.4 is 0 Å². The van der Waals surface area contributed by atoms with Gasteiger partial charge in [-0.25, -0.2) is 4.98 Å². The van der Waals surface area contributed by atoms with Gasteiger partial charge in [0.1, 0.15) is 5.82 Å². The number of aromatic nitrogens is 2. The molecule has 0 fully saturated rings. The first kappa shape index (κ1) is 15.3. The minimum atomic E-state index is 0.678. The van der Waals surface area contributed by atoms with E-state index in [0.29, 0.717) is 10.0 Å². The monoisotopic (exact) mass is 352 g/mol. The maximum Gasteiger partial charge on any atom is 0.142 e. The average Bonchev–Trinajstić information content (AvgIpc) is 2.93. The van der Waals surface area contributed by atoms with Crippen molar-refractivity contribution in [1.82, 2.24) is 9.55 Å². The summed E-state index contributed by atoms with van der Waals surface area (Å²) in [5, 5.41) is 1.37.